The van der Waals surface area contributed by atoms with Gasteiger partial charge in [0, 0.05) is 29.6 Å². The van der Waals surface area contributed by atoms with Crippen molar-refractivity contribution in [1.82, 2.24) is 0 Å². The molecule has 2 heterocycles. The maximum atomic E-state index is 12.1. The van der Waals surface area contributed by atoms with Gasteiger partial charge >= 0.3 is 17.9 Å². The lowest BCUT2D eigenvalue weighted by Gasteiger charge is -2.26. The second-order valence-electron chi connectivity index (χ2n) is 6.70. The Bertz CT molecular complexity index is 741. The summed E-state index contributed by atoms with van der Waals surface area (Å²) in [5.41, 5.74) is 1.82. The maximum Gasteiger partial charge on any atom is 0.334 e. The molecule has 2 aliphatic heterocycles. The third-order valence-electron chi connectivity index (χ3n) is 4.57. The van der Waals surface area contributed by atoms with Crippen molar-refractivity contribution in [3.63, 3.8) is 0 Å². The van der Waals surface area contributed by atoms with Crippen molar-refractivity contribution >= 4 is 17.9 Å². The van der Waals surface area contributed by atoms with E-state index in [1.165, 1.54) is 6.92 Å². The smallest absolute Gasteiger partial charge is 0.334 e. The first-order chi connectivity index (χ1) is 11.8. The largest absolute Gasteiger partial charge is 0.458 e. The summed E-state index contributed by atoms with van der Waals surface area (Å²) in [6, 6.07) is 0. The number of ether oxygens (including phenoxy) is 3. The van der Waals surface area contributed by atoms with Gasteiger partial charge in [-0.3, -0.25) is 0 Å². The number of rotatable bonds is 2. The Balaban J connectivity index is 2.01. The number of carbonyl (C=O) groups excluding carboxylic acids is 3. The maximum absolute atomic E-state index is 12.1. The molecule has 6 nitrogen and oxygen atoms in total. The molecule has 0 spiro atoms. The van der Waals surface area contributed by atoms with Crippen molar-refractivity contribution in [2.45, 2.75) is 45.0 Å². The van der Waals surface area contributed by atoms with Crippen molar-refractivity contribution in [3.8, 4) is 0 Å². The normalized spacial score (nSPS) is 33.4. The standard InChI is InChI=1S/C19H20O6/c1-9(2)17(20)24-15-8-12-7-13(23-19(12)22)5-10(3)6-14-16(15)11(4)18(21)25-14/h6-7,13-16H,1,4-5,8H2,2-3H3/b10-6-/t13-,14+,15-,16-/m1/s1. The highest BCUT2D eigenvalue weighted by Crippen LogP contribution is 2.38. The summed E-state index contributed by atoms with van der Waals surface area (Å²) >= 11 is 0. The van der Waals surface area contributed by atoms with Gasteiger partial charge in [-0.25, -0.2) is 14.4 Å². The third-order valence-corrected chi connectivity index (χ3v) is 4.57. The van der Waals surface area contributed by atoms with Gasteiger partial charge in [0.1, 0.15) is 18.3 Å². The molecule has 0 unspecified atom stereocenters. The zero-order valence-corrected chi connectivity index (χ0v) is 14.2. The quantitative estimate of drug-likeness (QED) is 0.331. The Morgan fingerprint density at radius 1 is 1.20 bits per heavy atom. The van der Waals surface area contributed by atoms with Gasteiger partial charge in [-0.15, -0.1) is 0 Å². The molecule has 1 fully saturated rings. The molecule has 1 saturated heterocycles. The summed E-state index contributed by atoms with van der Waals surface area (Å²) in [5, 5.41) is 0. The summed E-state index contributed by atoms with van der Waals surface area (Å²) in [4.78, 5) is 36.2. The number of hydrogen-bond donors (Lipinski definition) is 0. The Labute approximate surface area is 145 Å². The van der Waals surface area contributed by atoms with Gasteiger partial charge < -0.3 is 14.2 Å². The number of esters is 3. The molecule has 0 aromatic carbocycles. The first kappa shape index (κ1) is 17.2. The van der Waals surface area contributed by atoms with Crippen molar-refractivity contribution in [1.29, 1.82) is 0 Å². The Morgan fingerprint density at radius 2 is 1.92 bits per heavy atom. The highest BCUT2D eigenvalue weighted by atomic mass is 16.6. The molecule has 0 aromatic rings. The van der Waals surface area contributed by atoms with Crippen LogP contribution in [0.1, 0.15) is 26.7 Å². The monoisotopic (exact) mass is 344 g/mol. The van der Waals surface area contributed by atoms with E-state index in [1.807, 2.05) is 13.0 Å². The molecule has 0 amide bonds. The zero-order valence-electron chi connectivity index (χ0n) is 14.2. The molecule has 1 aliphatic carbocycles. The molecule has 3 rings (SSSR count). The van der Waals surface area contributed by atoms with Crippen LogP contribution in [0.15, 0.2) is 47.6 Å². The topological polar surface area (TPSA) is 78.9 Å². The van der Waals surface area contributed by atoms with E-state index in [2.05, 4.69) is 13.2 Å². The van der Waals surface area contributed by atoms with Crippen LogP contribution in [0, 0.1) is 5.92 Å². The zero-order chi connectivity index (χ0) is 18.3. The van der Waals surface area contributed by atoms with Crippen molar-refractivity contribution in [2.24, 2.45) is 5.92 Å². The van der Waals surface area contributed by atoms with Crippen LogP contribution < -0.4 is 0 Å². The summed E-state index contributed by atoms with van der Waals surface area (Å²) in [6.45, 7) is 10.8. The minimum atomic E-state index is -0.771. The summed E-state index contributed by atoms with van der Waals surface area (Å²) in [5.74, 6) is -2.09. The first-order valence-electron chi connectivity index (χ1n) is 8.11. The molecule has 0 saturated carbocycles. The number of fused-ring (bicyclic) bond motifs is 2. The van der Waals surface area contributed by atoms with E-state index < -0.39 is 36.0 Å². The average molecular weight is 344 g/mol. The van der Waals surface area contributed by atoms with E-state index in [0.29, 0.717) is 12.0 Å². The second-order valence-corrected chi connectivity index (χ2v) is 6.70. The molecule has 0 N–H and O–H groups in total. The van der Waals surface area contributed by atoms with Gasteiger partial charge in [0.05, 0.1) is 5.92 Å². The molecule has 132 valence electrons. The minimum absolute atomic E-state index is 0.137. The molecule has 25 heavy (non-hydrogen) atoms. The van der Waals surface area contributed by atoms with Gasteiger partial charge in [-0.1, -0.05) is 18.7 Å². The van der Waals surface area contributed by atoms with E-state index in [0.717, 1.165) is 5.57 Å². The molecular formula is C19H20O6. The van der Waals surface area contributed by atoms with Crippen LogP contribution in [-0.4, -0.2) is 36.2 Å². The Kier molecular flexibility index (Phi) is 4.37. The Morgan fingerprint density at radius 3 is 2.60 bits per heavy atom. The van der Waals surface area contributed by atoms with E-state index in [1.54, 1.807) is 6.08 Å². The predicted molar refractivity (Wildman–Crippen MR) is 88.2 cm³/mol. The Hall–Kier alpha value is -2.63. The number of carbonyl (C=O) groups is 3. The van der Waals surface area contributed by atoms with Crippen molar-refractivity contribution < 1.29 is 28.6 Å². The summed E-state index contributed by atoms with van der Waals surface area (Å²) < 4.78 is 16.3. The lowest BCUT2D eigenvalue weighted by atomic mass is 9.85. The van der Waals surface area contributed by atoms with Gasteiger partial charge in [-0.2, -0.15) is 0 Å². The molecule has 2 bridgehead atoms. The summed E-state index contributed by atoms with van der Waals surface area (Å²) in [6.07, 6.45) is 2.52. The van der Waals surface area contributed by atoms with Crippen LogP contribution >= 0.6 is 0 Å². The summed E-state index contributed by atoms with van der Waals surface area (Å²) in [7, 11) is 0. The highest BCUT2D eigenvalue weighted by Gasteiger charge is 2.46. The lowest BCUT2D eigenvalue weighted by Crippen LogP contribution is -2.34. The second kappa shape index (κ2) is 6.35. The molecular weight excluding hydrogens is 324 g/mol. The molecule has 6 heteroatoms. The van der Waals surface area contributed by atoms with Crippen molar-refractivity contribution in [3.05, 3.63) is 47.6 Å². The van der Waals surface area contributed by atoms with Gasteiger partial charge in [0.25, 0.3) is 0 Å². The number of hydrogen-bond acceptors (Lipinski definition) is 6. The van der Waals surface area contributed by atoms with Crippen LogP contribution in [0.25, 0.3) is 0 Å². The van der Waals surface area contributed by atoms with Gasteiger partial charge in [0.2, 0.25) is 0 Å². The van der Waals surface area contributed by atoms with Crippen LogP contribution in [0.3, 0.4) is 0 Å². The molecule has 4 atom stereocenters. The van der Waals surface area contributed by atoms with Crippen LogP contribution in [0.5, 0.6) is 0 Å². The molecule has 0 aromatic heterocycles. The van der Waals surface area contributed by atoms with Gasteiger partial charge in [0.15, 0.2) is 0 Å². The lowest BCUT2D eigenvalue weighted by molar-refractivity contribution is -0.148. The predicted octanol–water partition coefficient (Wildman–Crippen LogP) is 2.16. The van der Waals surface area contributed by atoms with Gasteiger partial charge in [-0.05, 0) is 26.0 Å². The average Bonchev–Trinajstić information content (AvgIpc) is 2.98. The van der Waals surface area contributed by atoms with E-state index in [4.69, 9.17) is 14.2 Å². The SMILES string of the molecule is C=C(C)C(=O)O[C@@H]1CC2=C[C@@H](C/C(C)=C\[C@@H]3OC(=O)C(=C)[C@H]31)OC2=O. The van der Waals surface area contributed by atoms with E-state index in [-0.39, 0.29) is 23.7 Å². The molecule has 3 aliphatic rings. The fourth-order valence-electron chi connectivity index (χ4n) is 3.33. The van der Waals surface area contributed by atoms with Crippen LogP contribution in [0.4, 0.5) is 0 Å². The van der Waals surface area contributed by atoms with E-state index in [9.17, 15) is 14.4 Å². The fraction of sp³-hybridized carbons (Fsp3) is 0.421. The highest BCUT2D eigenvalue weighted by molar-refractivity contribution is 5.93. The first-order valence-corrected chi connectivity index (χ1v) is 8.11. The van der Waals surface area contributed by atoms with Crippen LogP contribution in [-0.2, 0) is 28.6 Å². The van der Waals surface area contributed by atoms with Crippen LogP contribution in [0.2, 0.25) is 0 Å². The molecule has 0 radical (unpaired) electrons. The van der Waals surface area contributed by atoms with E-state index >= 15 is 0 Å². The van der Waals surface area contributed by atoms with Crippen molar-refractivity contribution in [2.75, 3.05) is 0 Å². The third kappa shape index (κ3) is 3.29. The minimum Gasteiger partial charge on any atom is -0.458 e. The fourth-order valence-corrected chi connectivity index (χ4v) is 3.33.